The van der Waals surface area contributed by atoms with Crippen molar-refractivity contribution < 1.29 is 4.21 Å². The molecule has 1 saturated carbocycles. The first-order valence-corrected chi connectivity index (χ1v) is 5.76. The average molecular weight is 175 g/mol. The minimum Gasteiger partial charge on any atom is -0.327 e. The highest BCUT2D eigenvalue weighted by Crippen LogP contribution is 2.22. The van der Waals surface area contributed by atoms with E-state index in [0.29, 0.717) is 5.25 Å². The quantitative estimate of drug-likeness (QED) is 0.696. The molecule has 1 aliphatic carbocycles. The van der Waals surface area contributed by atoms with Gasteiger partial charge in [0, 0.05) is 27.8 Å². The predicted molar refractivity (Wildman–Crippen MR) is 48.9 cm³/mol. The summed E-state index contributed by atoms with van der Waals surface area (Å²) in [6.45, 7) is 2.07. The summed E-state index contributed by atoms with van der Waals surface area (Å²) in [5.41, 5.74) is 5.82. The molecule has 3 heteroatoms. The second-order valence-electron chi connectivity index (χ2n) is 3.22. The Morgan fingerprint density at radius 3 is 2.73 bits per heavy atom. The van der Waals surface area contributed by atoms with Gasteiger partial charge in [0.25, 0.3) is 0 Å². The molecule has 0 spiro atoms. The Morgan fingerprint density at radius 1 is 1.55 bits per heavy atom. The molecule has 0 bridgehead atoms. The Morgan fingerprint density at radius 2 is 2.27 bits per heavy atom. The highest BCUT2D eigenvalue weighted by atomic mass is 32.2. The summed E-state index contributed by atoms with van der Waals surface area (Å²) < 4.78 is 11.5. The molecule has 3 unspecified atom stereocenters. The fourth-order valence-corrected chi connectivity index (χ4v) is 3.29. The van der Waals surface area contributed by atoms with E-state index in [-0.39, 0.29) is 6.04 Å². The second-order valence-corrected chi connectivity index (χ2v) is 4.99. The van der Waals surface area contributed by atoms with Crippen molar-refractivity contribution in [3.05, 3.63) is 0 Å². The fraction of sp³-hybridized carbons (Fsp3) is 1.00. The molecule has 1 rings (SSSR count). The first-order valence-electron chi connectivity index (χ1n) is 4.38. The number of hydrogen-bond acceptors (Lipinski definition) is 2. The van der Waals surface area contributed by atoms with Crippen molar-refractivity contribution in [2.45, 2.75) is 43.9 Å². The lowest BCUT2D eigenvalue weighted by atomic mass is 10.3. The van der Waals surface area contributed by atoms with Crippen molar-refractivity contribution >= 4 is 10.8 Å². The van der Waals surface area contributed by atoms with Crippen molar-refractivity contribution in [1.29, 1.82) is 0 Å². The molecule has 2 N–H and O–H groups in total. The molecule has 3 atom stereocenters. The zero-order valence-electron chi connectivity index (χ0n) is 7.08. The van der Waals surface area contributed by atoms with E-state index in [1.165, 1.54) is 6.42 Å². The van der Waals surface area contributed by atoms with Crippen LogP contribution in [0.3, 0.4) is 0 Å². The molecule has 0 aromatic carbocycles. The molecule has 0 heterocycles. The largest absolute Gasteiger partial charge is 0.327 e. The van der Waals surface area contributed by atoms with Gasteiger partial charge in [0.2, 0.25) is 0 Å². The molecule has 11 heavy (non-hydrogen) atoms. The molecule has 0 aromatic heterocycles. The summed E-state index contributed by atoms with van der Waals surface area (Å²) in [6.07, 6.45) is 4.32. The highest BCUT2D eigenvalue weighted by molar-refractivity contribution is 7.85. The third-order valence-corrected chi connectivity index (χ3v) is 4.32. The van der Waals surface area contributed by atoms with Crippen LogP contribution in [0, 0.1) is 0 Å². The van der Waals surface area contributed by atoms with Gasteiger partial charge in [-0.1, -0.05) is 13.3 Å². The van der Waals surface area contributed by atoms with E-state index in [9.17, 15) is 4.21 Å². The molecule has 0 aromatic rings. The molecular weight excluding hydrogens is 158 g/mol. The van der Waals surface area contributed by atoms with Crippen LogP contribution in [0.2, 0.25) is 0 Å². The summed E-state index contributed by atoms with van der Waals surface area (Å²) in [5.74, 6) is 0.832. The molecule has 0 radical (unpaired) electrons. The summed E-state index contributed by atoms with van der Waals surface area (Å²) in [5, 5.41) is 0.301. The minimum atomic E-state index is -0.650. The Hall–Kier alpha value is 0.110. The first-order chi connectivity index (χ1) is 5.25. The number of rotatable bonds is 3. The molecule has 1 aliphatic rings. The van der Waals surface area contributed by atoms with E-state index >= 15 is 0 Å². The SMILES string of the molecule is CCCS(=O)C1CCCC1N. The van der Waals surface area contributed by atoms with Gasteiger partial charge in [-0.05, 0) is 19.3 Å². The lowest BCUT2D eigenvalue weighted by Gasteiger charge is -2.13. The minimum absolute atomic E-state index is 0.211. The van der Waals surface area contributed by atoms with E-state index in [2.05, 4.69) is 6.92 Å². The van der Waals surface area contributed by atoms with E-state index < -0.39 is 10.8 Å². The van der Waals surface area contributed by atoms with Crippen molar-refractivity contribution in [2.75, 3.05) is 5.75 Å². The summed E-state index contributed by atoms with van der Waals surface area (Å²) in [7, 11) is -0.650. The first kappa shape index (κ1) is 9.20. The van der Waals surface area contributed by atoms with Crippen LogP contribution in [0.15, 0.2) is 0 Å². The van der Waals surface area contributed by atoms with Gasteiger partial charge < -0.3 is 5.73 Å². The van der Waals surface area contributed by atoms with Crippen LogP contribution in [0.5, 0.6) is 0 Å². The van der Waals surface area contributed by atoms with Gasteiger partial charge in [-0.2, -0.15) is 0 Å². The molecular formula is C8H17NOS. The topological polar surface area (TPSA) is 43.1 Å². The van der Waals surface area contributed by atoms with Gasteiger partial charge in [0.05, 0.1) is 0 Å². The van der Waals surface area contributed by atoms with Crippen molar-refractivity contribution in [3.8, 4) is 0 Å². The Balaban J connectivity index is 2.39. The zero-order valence-corrected chi connectivity index (χ0v) is 7.90. The van der Waals surface area contributed by atoms with Gasteiger partial charge in [-0.15, -0.1) is 0 Å². The smallest absolute Gasteiger partial charge is 0.0499 e. The van der Waals surface area contributed by atoms with Crippen LogP contribution in [0.25, 0.3) is 0 Å². The third-order valence-electron chi connectivity index (χ3n) is 2.25. The lowest BCUT2D eigenvalue weighted by Crippen LogP contribution is -2.33. The Labute approximate surface area is 71.0 Å². The van der Waals surface area contributed by atoms with Crippen LogP contribution in [-0.4, -0.2) is 21.3 Å². The maximum Gasteiger partial charge on any atom is 0.0499 e. The maximum atomic E-state index is 11.5. The average Bonchev–Trinajstić information content (AvgIpc) is 2.36. The molecule has 1 fully saturated rings. The molecule has 0 saturated heterocycles. The van der Waals surface area contributed by atoms with Crippen LogP contribution in [0.4, 0.5) is 0 Å². The second kappa shape index (κ2) is 4.21. The molecule has 66 valence electrons. The molecule has 2 nitrogen and oxygen atoms in total. The molecule has 0 aliphatic heterocycles. The Bertz CT molecular complexity index is 149. The predicted octanol–water partition coefficient (Wildman–Crippen LogP) is 1.02. The van der Waals surface area contributed by atoms with Gasteiger partial charge in [0.15, 0.2) is 0 Å². The van der Waals surface area contributed by atoms with Crippen LogP contribution >= 0.6 is 0 Å². The highest BCUT2D eigenvalue weighted by Gasteiger charge is 2.28. The maximum absolute atomic E-state index is 11.5. The number of hydrogen-bond donors (Lipinski definition) is 1. The fourth-order valence-electron chi connectivity index (χ4n) is 1.63. The molecule has 0 amide bonds. The van der Waals surface area contributed by atoms with Crippen molar-refractivity contribution in [1.82, 2.24) is 0 Å². The van der Waals surface area contributed by atoms with Crippen molar-refractivity contribution in [3.63, 3.8) is 0 Å². The third kappa shape index (κ3) is 2.27. The summed E-state index contributed by atoms with van der Waals surface area (Å²) in [4.78, 5) is 0. The monoisotopic (exact) mass is 175 g/mol. The summed E-state index contributed by atoms with van der Waals surface area (Å²) in [6, 6.07) is 0.211. The van der Waals surface area contributed by atoms with Crippen LogP contribution in [-0.2, 0) is 10.8 Å². The van der Waals surface area contributed by atoms with Crippen molar-refractivity contribution in [2.24, 2.45) is 5.73 Å². The van der Waals surface area contributed by atoms with Crippen LogP contribution < -0.4 is 5.73 Å². The van der Waals surface area contributed by atoms with Crippen LogP contribution in [0.1, 0.15) is 32.6 Å². The van der Waals surface area contributed by atoms with Gasteiger partial charge in [0.1, 0.15) is 0 Å². The standard InChI is InChI=1S/C8H17NOS/c1-2-6-11(10)8-5-3-4-7(8)9/h7-8H,2-6,9H2,1H3. The Kier molecular flexibility index (Phi) is 3.52. The van der Waals surface area contributed by atoms with E-state index in [0.717, 1.165) is 25.0 Å². The number of nitrogens with two attached hydrogens (primary N) is 1. The summed E-state index contributed by atoms with van der Waals surface area (Å²) >= 11 is 0. The van der Waals surface area contributed by atoms with Gasteiger partial charge >= 0.3 is 0 Å². The van der Waals surface area contributed by atoms with Gasteiger partial charge in [-0.3, -0.25) is 4.21 Å². The van der Waals surface area contributed by atoms with Gasteiger partial charge in [-0.25, -0.2) is 0 Å². The lowest BCUT2D eigenvalue weighted by molar-refractivity contribution is 0.647. The van der Waals surface area contributed by atoms with E-state index in [1.807, 2.05) is 0 Å². The van der Waals surface area contributed by atoms with E-state index in [4.69, 9.17) is 5.73 Å². The zero-order chi connectivity index (χ0) is 8.27. The normalized spacial score (nSPS) is 34.0. The van der Waals surface area contributed by atoms with E-state index in [1.54, 1.807) is 0 Å².